The van der Waals surface area contributed by atoms with Gasteiger partial charge in [-0.25, -0.2) is 4.79 Å². The van der Waals surface area contributed by atoms with Crippen molar-refractivity contribution in [2.45, 2.75) is 32.9 Å². The molecule has 0 aliphatic rings. The first-order chi connectivity index (χ1) is 10.4. The monoisotopic (exact) mass is 301 g/mol. The van der Waals surface area contributed by atoms with Crippen molar-refractivity contribution in [1.29, 1.82) is 5.26 Å². The molecule has 1 rings (SSSR count). The third-order valence-electron chi connectivity index (χ3n) is 2.65. The summed E-state index contributed by atoms with van der Waals surface area (Å²) < 4.78 is 5.12. The normalized spacial score (nSPS) is 11.2. The number of benzene rings is 1. The number of nitrogens with zero attached hydrogens (tertiary/aromatic N) is 1. The summed E-state index contributed by atoms with van der Waals surface area (Å²) in [5.41, 5.74) is 1.18. The lowest BCUT2D eigenvalue weighted by Crippen LogP contribution is -2.32. The van der Waals surface area contributed by atoms with E-state index in [4.69, 9.17) is 10.00 Å². The summed E-state index contributed by atoms with van der Waals surface area (Å²) in [5, 5.41) is 14.8. The van der Waals surface area contributed by atoms with Gasteiger partial charge in [0.05, 0.1) is 11.6 Å². The third kappa shape index (κ3) is 7.46. The number of hydrogen-bond donors (Lipinski definition) is 2. The summed E-state index contributed by atoms with van der Waals surface area (Å²) in [4.78, 5) is 11.4. The van der Waals surface area contributed by atoms with Crippen molar-refractivity contribution >= 4 is 6.09 Å². The molecule has 0 bridgehead atoms. The number of ether oxygens (including phenoxy) is 1. The van der Waals surface area contributed by atoms with Crippen molar-refractivity contribution in [2.24, 2.45) is 0 Å². The van der Waals surface area contributed by atoms with E-state index in [1.807, 2.05) is 51.1 Å². The highest BCUT2D eigenvalue weighted by atomic mass is 16.6. The molecule has 0 radical (unpaired) electrons. The number of carbonyl (C=O) groups is 1. The number of nitriles is 1. The number of hydrogen-bond acceptors (Lipinski definition) is 4. The standard InChI is InChI=1S/C17H23N3O2/c1-17(2,3)22-16(21)20-11-7-6-10-19-13-15-9-5-4-8-14(15)12-18/h4-9,19H,10-11,13H2,1-3H3,(H,20,21)/b7-6+. The second-order valence-electron chi connectivity index (χ2n) is 5.75. The van der Waals surface area contributed by atoms with Gasteiger partial charge < -0.3 is 15.4 Å². The van der Waals surface area contributed by atoms with Gasteiger partial charge in [-0.05, 0) is 32.4 Å². The van der Waals surface area contributed by atoms with Gasteiger partial charge in [0.25, 0.3) is 0 Å². The molecular weight excluding hydrogens is 278 g/mol. The second kappa shape index (κ2) is 8.85. The Morgan fingerprint density at radius 3 is 2.64 bits per heavy atom. The number of nitrogens with one attached hydrogen (secondary N) is 2. The van der Waals surface area contributed by atoms with Crippen LogP contribution in [0.3, 0.4) is 0 Å². The van der Waals surface area contributed by atoms with E-state index < -0.39 is 11.7 Å². The Hall–Kier alpha value is -2.32. The minimum Gasteiger partial charge on any atom is -0.444 e. The van der Waals surface area contributed by atoms with E-state index in [1.165, 1.54) is 0 Å². The van der Waals surface area contributed by atoms with E-state index in [0.29, 0.717) is 25.2 Å². The largest absolute Gasteiger partial charge is 0.444 e. The maximum Gasteiger partial charge on any atom is 0.407 e. The molecule has 118 valence electrons. The molecule has 0 fully saturated rings. The summed E-state index contributed by atoms with van der Waals surface area (Å²) in [6.07, 6.45) is 3.35. The highest BCUT2D eigenvalue weighted by Gasteiger charge is 2.14. The first kappa shape index (κ1) is 17.7. The molecule has 0 unspecified atom stereocenters. The summed E-state index contributed by atoms with van der Waals surface area (Å²) in [6.45, 7) is 7.19. The molecule has 0 saturated carbocycles. The summed E-state index contributed by atoms with van der Waals surface area (Å²) in [5.74, 6) is 0. The maximum absolute atomic E-state index is 11.4. The predicted molar refractivity (Wildman–Crippen MR) is 86.2 cm³/mol. The first-order valence-electron chi connectivity index (χ1n) is 7.23. The van der Waals surface area contributed by atoms with Gasteiger partial charge in [-0.2, -0.15) is 5.26 Å². The molecule has 1 aromatic rings. The lowest BCUT2D eigenvalue weighted by atomic mass is 10.1. The van der Waals surface area contributed by atoms with Crippen LogP contribution in [0, 0.1) is 11.3 Å². The molecule has 5 nitrogen and oxygen atoms in total. The van der Waals surface area contributed by atoms with Crippen molar-refractivity contribution in [2.75, 3.05) is 13.1 Å². The summed E-state index contributed by atoms with van der Waals surface area (Å²) in [7, 11) is 0. The van der Waals surface area contributed by atoms with Crippen LogP contribution in [0.1, 0.15) is 31.9 Å². The molecule has 1 aromatic carbocycles. The van der Waals surface area contributed by atoms with Crippen LogP contribution in [-0.2, 0) is 11.3 Å². The quantitative estimate of drug-likeness (QED) is 0.626. The highest BCUT2D eigenvalue weighted by molar-refractivity contribution is 5.67. The Morgan fingerprint density at radius 1 is 1.27 bits per heavy atom. The van der Waals surface area contributed by atoms with Gasteiger partial charge >= 0.3 is 6.09 Å². The predicted octanol–water partition coefficient (Wildman–Crippen LogP) is 2.73. The average Bonchev–Trinajstić information content (AvgIpc) is 2.44. The van der Waals surface area contributed by atoms with Crippen molar-refractivity contribution in [1.82, 2.24) is 10.6 Å². The molecule has 0 aliphatic carbocycles. The van der Waals surface area contributed by atoms with E-state index in [2.05, 4.69) is 16.7 Å². The average molecular weight is 301 g/mol. The van der Waals surface area contributed by atoms with Crippen LogP contribution in [0.15, 0.2) is 36.4 Å². The van der Waals surface area contributed by atoms with Gasteiger partial charge in [0, 0.05) is 19.6 Å². The van der Waals surface area contributed by atoms with Crippen LogP contribution in [0.5, 0.6) is 0 Å². The Balaban J connectivity index is 2.20. The molecule has 0 atom stereocenters. The van der Waals surface area contributed by atoms with Crippen LogP contribution in [-0.4, -0.2) is 24.8 Å². The van der Waals surface area contributed by atoms with Crippen LogP contribution in [0.25, 0.3) is 0 Å². The van der Waals surface area contributed by atoms with Gasteiger partial charge in [-0.1, -0.05) is 30.4 Å². The van der Waals surface area contributed by atoms with Gasteiger partial charge in [-0.15, -0.1) is 0 Å². The molecule has 2 N–H and O–H groups in total. The summed E-state index contributed by atoms with van der Waals surface area (Å²) in [6, 6.07) is 9.67. The number of carbonyl (C=O) groups excluding carboxylic acids is 1. The first-order valence-corrected chi connectivity index (χ1v) is 7.23. The lowest BCUT2D eigenvalue weighted by molar-refractivity contribution is 0.0534. The van der Waals surface area contributed by atoms with E-state index in [-0.39, 0.29) is 0 Å². The van der Waals surface area contributed by atoms with E-state index in [0.717, 1.165) is 5.56 Å². The van der Waals surface area contributed by atoms with Crippen LogP contribution < -0.4 is 10.6 Å². The number of alkyl carbamates (subject to hydrolysis) is 1. The van der Waals surface area contributed by atoms with Gasteiger partial charge in [-0.3, -0.25) is 0 Å². The van der Waals surface area contributed by atoms with Crippen molar-refractivity contribution in [3.8, 4) is 6.07 Å². The fourth-order valence-electron chi connectivity index (χ4n) is 1.70. The molecule has 0 aromatic heterocycles. The smallest absolute Gasteiger partial charge is 0.407 e. The van der Waals surface area contributed by atoms with Gasteiger partial charge in [0.2, 0.25) is 0 Å². The Kier molecular flexibility index (Phi) is 7.14. The highest BCUT2D eigenvalue weighted by Crippen LogP contribution is 2.07. The van der Waals surface area contributed by atoms with Gasteiger partial charge in [0.1, 0.15) is 5.60 Å². The van der Waals surface area contributed by atoms with Crippen LogP contribution >= 0.6 is 0 Å². The Labute approximate surface area is 132 Å². The molecule has 0 aliphatic heterocycles. The molecule has 0 saturated heterocycles. The van der Waals surface area contributed by atoms with Crippen LogP contribution in [0.2, 0.25) is 0 Å². The topological polar surface area (TPSA) is 74.2 Å². The number of rotatable bonds is 6. The minimum absolute atomic E-state index is 0.422. The lowest BCUT2D eigenvalue weighted by Gasteiger charge is -2.19. The maximum atomic E-state index is 11.4. The fraction of sp³-hybridized carbons (Fsp3) is 0.412. The second-order valence-corrected chi connectivity index (χ2v) is 5.75. The van der Waals surface area contributed by atoms with E-state index in [1.54, 1.807) is 6.07 Å². The minimum atomic E-state index is -0.483. The van der Waals surface area contributed by atoms with Crippen molar-refractivity contribution < 1.29 is 9.53 Å². The van der Waals surface area contributed by atoms with Crippen molar-refractivity contribution in [3.63, 3.8) is 0 Å². The molecular formula is C17H23N3O2. The summed E-state index contributed by atoms with van der Waals surface area (Å²) >= 11 is 0. The molecule has 5 heteroatoms. The molecule has 1 amide bonds. The zero-order valence-electron chi connectivity index (χ0n) is 13.3. The molecule has 0 spiro atoms. The number of amides is 1. The van der Waals surface area contributed by atoms with Crippen LogP contribution in [0.4, 0.5) is 4.79 Å². The molecule has 0 heterocycles. The van der Waals surface area contributed by atoms with E-state index >= 15 is 0 Å². The van der Waals surface area contributed by atoms with E-state index in [9.17, 15) is 4.79 Å². The fourth-order valence-corrected chi connectivity index (χ4v) is 1.70. The van der Waals surface area contributed by atoms with Gasteiger partial charge in [0.15, 0.2) is 0 Å². The zero-order valence-corrected chi connectivity index (χ0v) is 13.3. The zero-order chi connectivity index (χ0) is 16.4. The SMILES string of the molecule is CC(C)(C)OC(=O)NC/C=C/CNCc1ccccc1C#N. The molecule has 22 heavy (non-hydrogen) atoms. The third-order valence-corrected chi connectivity index (χ3v) is 2.65. The Bertz CT molecular complexity index is 554. The van der Waals surface area contributed by atoms with Crippen molar-refractivity contribution in [3.05, 3.63) is 47.5 Å². The Morgan fingerprint density at radius 2 is 1.95 bits per heavy atom.